The minimum Gasteiger partial charge on any atom is -0.338 e. The van der Waals surface area contributed by atoms with Crippen molar-refractivity contribution >= 4 is 27.3 Å². The van der Waals surface area contributed by atoms with Crippen LogP contribution >= 0.6 is 0 Å². The van der Waals surface area contributed by atoms with Crippen LogP contribution in [-0.4, -0.2) is 55.3 Å². The molecule has 0 aliphatic carbocycles. The van der Waals surface area contributed by atoms with E-state index in [9.17, 15) is 18.0 Å². The van der Waals surface area contributed by atoms with Crippen molar-refractivity contribution in [3.05, 3.63) is 29.3 Å². The van der Waals surface area contributed by atoms with Crippen LogP contribution in [0.5, 0.6) is 0 Å². The monoisotopic (exact) mass is 364 g/mol. The highest BCUT2D eigenvalue weighted by Gasteiger charge is 2.38. The third-order valence-corrected chi connectivity index (χ3v) is 7.95. The van der Waals surface area contributed by atoms with Gasteiger partial charge in [-0.05, 0) is 50.5 Å². The Labute approximate surface area is 148 Å². The second-order valence-corrected chi connectivity index (χ2v) is 10.1. The van der Waals surface area contributed by atoms with Gasteiger partial charge in [0.05, 0.1) is 10.5 Å². The molecule has 0 atom stereocenters. The molecule has 2 heterocycles. The van der Waals surface area contributed by atoms with Crippen LogP contribution in [0, 0.1) is 0 Å². The molecule has 1 aromatic carbocycles. The lowest BCUT2D eigenvalue weighted by molar-refractivity contribution is -0.116. The van der Waals surface area contributed by atoms with E-state index >= 15 is 0 Å². The Bertz CT molecular complexity index is 829. The fourth-order valence-electron chi connectivity index (χ4n) is 3.43. The minimum absolute atomic E-state index is 0.00205. The summed E-state index contributed by atoms with van der Waals surface area (Å²) in [5.74, 6) is -0.149. The SMILES string of the molecule is CC(=O)N1CCc2cc(C(=O)N3CCC(C)(C)S(=O)(=O)CC3)ccc21. The number of anilines is 1. The van der Waals surface area contributed by atoms with Gasteiger partial charge in [-0.1, -0.05) is 0 Å². The quantitative estimate of drug-likeness (QED) is 0.759. The number of sulfone groups is 1. The first-order valence-electron chi connectivity index (χ1n) is 8.55. The number of benzene rings is 1. The Hall–Kier alpha value is -1.89. The van der Waals surface area contributed by atoms with E-state index in [4.69, 9.17) is 0 Å². The summed E-state index contributed by atoms with van der Waals surface area (Å²) in [7, 11) is -3.21. The number of nitrogens with zero attached hydrogens (tertiary/aromatic N) is 2. The number of carbonyl (C=O) groups excluding carboxylic acids is 2. The van der Waals surface area contributed by atoms with Gasteiger partial charge in [-0.15, -0.1) is 0 Å². The number of carbonyl (C=O) groups is 2. The van der Waals surface area contributed by atoms with E-state index in [1.165, 1.54) is 6.92 Å². The highest BCUT2D eigenvalue weighted by molar-refractivity contribution is 7.92. The van der Waals surface area contributed by atoms with Crippen molar-refractivity contribution in [3.8, 4) is 0 Å². The molecule has 0 radical (unpaired) electrons. The molecule has 1 fully saturated rings. The fourth-order valence-corrected chi connectivity index (χ4v) is 4.84. The van der Waals surface area contributed by atoms with Gasteiger partial charge in [0.25, 0.3) is 5.91 Å². The summed E-state index contributed by atoms with van der Waals surface area (Å²) in [6.45, 7) is 6.28. The maximum absolute atomic E-state index is 12.8. The van der Waals surface area contributed by atoms with Gasteiger partial charge in [-0.3, -0.25) is 9.59 Å². The van der Waals surface area contributed by atoms with Crippen molar-refractivity contribution in [2.24, 2.45) is 0 Å². The third kappa shape index (κ3) is 3.17. The first kappa shape index (κ1) is 17.9. The van der Waals surface area contributed by atoms with Crippen molar-refractivity contribution in [3.63, 3.8) is 0 Å². The zero-order valence-electron chi connectivity index (χ0n) is 14.9. The normalized spacial score (nSPS) is 21.6. The van der Waals surface area contributed by atoms with E-state index in [-0.39, 0.29) is 24.1 Å². The van der Waals surface area contributed by atoms with Crippen molar-refractivity contribution < 1.29 is 18.0 Å². The van der Waals surface area contributed by atoms with Crippen LogP contribution in [0.3, 0.4) is 0 Å². The van der Waals surface area contributed by atoms with Crippen LogP contribution in [0.2, 0.25) is 0 Å². The number of rotatable bonds is 1. The van der Waals surface area contributed by atoms with Crippen molar-refractivity contribution in [2.75, 3.05) is 30.3 Å². The van der Waals surface area contributed by atoms with E-state index in [0.717, 1.165) is 17.7 Å². The number of hydrogen-bond donors (Lipinski definition) is 0. The smallest absolute Gasteiger partial charge is 0.253 e. The lowest BCUT2D eigenvalue weighted by Gasteiger charge is -2.23. The summed E-state index contributed by atoms with van der Waals surface area (Å²) in [5, 5.41) is 0. The summed E-state index contributed by atoms with van der Waals surface area (Å²) in [5.41, 5.74) is 2.41. The fraction of sp³-hybridized carbons (Fsp3) is 0.556. The maximum Gasteiger partial charge on any atom is 0.253 e. The van der Waals surface area contributed by atoms with Gasteiger partial charge in [-0.25, -0.2) is 8.42 Å². The molecule has 2 aliphatic rings. The van der Waals surface area contributed by atoms with Gasteiger partial charge >= 0.3 is 0 Å². The molecular formula is C18H24N2O4S. The summed E-state index contributed by atoms with van der Waals surface area (Å²) < 4.78 is 23.8. The van der Waals surface area contributed by atoms with Gasteiger partial charge in [0, 0.05) is 37.8 Å². The molecule has 2 aliphatic heterocycles. The van der Waals surface area contributed by atoms with Crippen LogP contribution in [0.1, 0.15) is 43.1 Å². The standard InChI is InChI=1S/C18H24N2O4S/c1-13(21)20-8-6-14-12-15(4-5-16(14)20)17(22)19-9-7-18(2,3)25(23,24)11-10-19/h4-5,12H,6-11H2,1-3H3. The Morgan fingerprint density at radius 2 is 1.84 bits per heavy atom. The summed E-state index contributed by atoms with van der Waals surface area (Å²) in [4.78, 5) is 27.8. The number of amides is 2. The van der Waals surface area contributed by atoms with Crippen molar-refractivity contribution in [2.45, 2.75) is 38.4 Å². The Morgan fingerprint density at radius 1 is 1.12 bits per heavy atom. The van der Waals surface area contributed by atoms with Gasteiger partial charge < -0.3 is 9.80 Å². The van der Waals surface area contributed by atoms with Gasteiger partial charge in [0.2, 0.25) is 5.91 Å². The molecule has 136 valence electrons. The second-order valence-electron chi connectivity index (χ2n) is 7.38. The molecule has 0 N–H and O–H groups in total. The summed E-state index contributed by atoms with van der Waals surface area (Å²) in [6.07, 6.45) is 1.17. The first-order chi connectivity index (χ1) is 11.6. The molecule has 0 spiro atoms. The Balaban J connectivity index is 1.82. The minimum atomic E-state index is -3.21. The van der Waals surface area contributed by atoms with Crippen LogP contribution in [-0.2, 0) is 21.1 Å². The predicted molar refractivity (Wildman–Crippen MR) is 96.6 cm³/mol. The molecule has 0 bridgehead atoms. The molecule has 2 amide bonds. The topological polar surface area (TPSA) is 74.8 Å². The van der Waals surface area contributed by atoms with E-state index in [2.05, 4.69) is 0 Å². The summed E-state index contributed by atoms with van der Waals surface area (Å²) in [6, 6.07) is 5.38. The van der Waals surface area contributed by atoms with Gasteiger partial charge in [0.1, 0.15) is 0 Å². The zero-order valence-corrected chi connectivity index (χ0v) is 15.7. The average molecular weight is 364 g/mol. The summed E-state index contributed by atoms with van der Waals surface area (Å²) >= 11 is 0. The van der Waals surface area contributed by atoms with Crippen molar-refractivity contribution in [1.82, 2.24) is 4.90 Å². The van der Waals surface area contributed by atoms with Crippen molar-refractivity contribution in [1.29, 1.82) is 0 Å². The number of hydrogen-bond acceptors (Lipinski definition) is 4. The van der Waals surface area contributed by atoms with Crippen LogP contribution < -0.4 is 4.90 Å². The predicted octanol–water partition coefficient (Wildman–Crippen LogP) is 1.63. The molecule has 0 saturated carbocycles. The largest absolute Gasteiger partial charge is 0.338 e. The first-order valence-corrected chi connectivity index (χ1v) is 10.2. The van der Waals surface area contributed by atoms with Gasteiger partial charge in [0.15, 0.2) is 9.84 Å². The van der Waals surface area contributed by atoms with Crippen LogP contribution in [0.15, 0.2) is 18.2 Å². The van der Waals surface area contributed by atoms with Crippen LogP contribution in [0.25, 0.3) is 0 Å². The van der Waals surface area contributed by atoms with E-state index in [1.807, 2.05) is 12.1 Å². The molecule has 7 heteroatoms. The third-order valence-electron chi connectivity index (χ3n) is 5.34. The molecule has 1 saturated heterocycles. The molecule has 3 rings (SSSR count). The lowest BCUT2D eigenvalue weighted by atomic mass is 10.1. The highest BCUT2D eigenvalue weighted by atomic mass is 32.2. The highest BCUT2D eigenvalue weighted by Crippen LogP contribution is 2.30. The zero-order chi connectivity index (χ0) is 18.4. The molecule has 25 heavy (non-hydrogen) atoms. The van der Waals surface area contributed by atoms with E-state index in [1.54, 1.807) is 29.7 Å². The molecule has 6 nitrogen and oxygen atoms in total. The second kappa shape index (κ2) is 6.12. The molecule has 1 aromatic rings. The van der Waals surface area contributed by atoms with Gasteiger partial charge in [-0.2, -0.15) is 0 Å². The van der Waals surface area contributed by atoms with Crippen LogP contribution in [0.4, 0.5) is 5.69 Å². The Morgan fingerprint density at radius 3 is 2.52 bits per heavy atom. The van der Waals surface area contributed by atoms with E-state index < -0.39 is 14.6 Å². The Kier molecular flexibility index (Phi) is 4.39. The molecular weight excluding hydrogens is 340 g/mol. The molecule has 0 aromatic heterocycles. The average Bonchev–Trinajstić information content (AvgIpc) is 2.92. The van der Waals surface area contributed by atoms with E-state index in [0.29, 0.717) is 25.1 Å². The molecule has 0 unspecified atom stereocenters. The maximum atomic E-state index is 12.8. The number of fused-ring (bicyclic) bond motifs is 1. The lowest BCUT2D eigenvalue weighted by Crippen LogP contribution is -2.33.